The van der Waals surface area contributed by atoms with Gasteiger partial charge in [-0.05, 0) is 103 Å². The zero-order valence-corrected chi connectivity index (χ0v) is 39.4. The minimum absolute atomic E-state index is 0.0243. The average Bonchev–Trinajstić information content (AvgIpc) is 3.27. The molecule has 0 saturated carbocycles. The van der Waals surface area contributed by atoms with Crippen LogP contribution in [0.15, 0.2) is 158 Å². The van der Waals surface area contributed by atoms with E-state index in [1.165, 1.54) is 0 Å². The zero-order valence-electron chi connectivity index (χ0n) is 38.5. The molecule has 0 aliphatic heterocycles. The molecule has 2 unspecified atom stereocenters. The summed E-state index contributed by atoms with van der Waals surface area (Å²) in [6.45, 7) is 3.31. The summed E-state index contributed by atoms with van der Waals surface area (Å²) >= 11 is 0. The van der Waals surface area contributed by atoms with Crippen molar-refractivity contribution in [1.29, 1.82) is 0 Å². The summed E-state index contributed by atoms with van der Waals surface area (Å²) in [7, 11) is -4.43. The molecule has 3 N–H and O–H groups in total. The maximum atomic E-state index is 12.6. The molecule has 10 heteroatoms. The lowest BCUT2D eigenvalue weighted by Crippen LogP contribution is -2.29. The molecule has 0 aliphatic rings. The number of hydrogen-bond acceptors (Lipinski definition) is 8. The first-order valence-electron chi connectivity index (χ1n) is 23.0. The van der Waals surface area contributed by atoms with Crippen LogP contribution >= 0.6 is 7.82 Å². The molecule has 0 heterocycles. The van der Waals surface area contributed by atoms with Crippen LogP contribution in [-0.4, -0.2) is 49.3 Å². The first kappa shape index (κ1) is 58.6. The summed E-state index contributed by atoms with van der Waals surface area (Å²) < 4.78 is 32.7. The van der Waals surface area contributed by atoms with E-state index in [0.29, 0.717) is 19.3 Å². The van der Waals surface area contributed by atoms with Crippen LogP contribution in [-0.2, 0) is 32.7 Å². The highest BCUT2D eigenvalue weighted by molar-refractivity contribution is 7.47. The number of hydrogen-bond donors (Lipinski definition) is 2. The van der Waals surface area contributed by atoms with Gasteiger partial charge in [-0.15, -0.1) is 0 Å². The van der Waals surface area contributed by atoms with Crippen molar-refractivity contribution in [3.63, 3.8) is 0 Å². The fourth-order valence-electron chi connectivity index (χ4n) is 5.12. The van der Waals surface area contributed by atoms with Crippen molar-refractivity contribution >= 4 is 19.8 Å². The monoisotopic (exact) mass is 890 g/mol. The zero-order chi connectivity index (χ0) is 46.0. The minimum Gasteiger partial charge on any atom is -0.462 e. The number of carbonyl (C=O) groups excluding carboxylic acids is 2. The molecule has 0 saturated heterocycles. The highest BCUT2D eigenvalue weighted by Gasteiger charge is 2.25. The summed E-state index contributed by atoms with van der Waals surface area (Å²) in [5.41, 5.74) is 5.34. The predicted octanol–water partition coefficient (Wildman–Crippen LogP) is 13.8. The largest absolute Gasteiger partial charge is 0.472 e. The molecule has 0 bridgehead atoms. The Morgan fingerprint density at radius 1 is 0.476 bits per heavy atom. The van der Waals surface area contributed by atoms with E-state index >= 15 is 0 Å². The molecular formula is C53H80NO8P. The fraction of sp³-hybridized carbons (Fsp3) is 0.472. The first-order chi connectivity index (χ1) is 30.8. The summed E-state index contributed by atoms with van der Waals surface area (Å²) in [5, 5.41) is 0. The van der Waals surface area contributed by atoms with Crippen LogP contribution in [0.4, 0.5) is 0 Å². The van der Waals surface area contributed by atoms with Gasteiger partial charge >= 0.3 is 19.8 Å². The van der Waals surface area contributed by atoms with Crippen LogP contribution < -0.4 is 5.73 Å². The number of phosphoric acid groups is 1. The van der Waals surface area contributed by atoms with Gasteiger partial charge in [0.15, 0.2) is 6.10 Å². The molecular weight excluding hydrogens is 810 g/mol. The topological polar surface area (TPSA) is 134 Å². The second-order valence-electron chi connectivity index (χ2n) is 14.1. The van der Waals surface area contributed by atoms with Crippen LogP contribution in [0, 0.1) is 0 Å². The summed E-state index contributed by atoms with van der Waals surface area (Å²) in [4.78, 5) is 34.9. The number of ether oxygens (including phenoxy) is 2. The Morgan fingerprint density at radius 3 is 1.19 bits per heavy atom. The number of unbranched alkanes of at least 4 members (excludes halogenated alkanes) is 1. The number of phosphoric ester groups is 1. The van der Waals surface area contributed by atoms with E-state index in [2.05, 4.69) is 154 Å². The Bertz CT molecular complexity index is 1570. The lowest BCUT2D eigenvalue weighted by atomic mass is 10.2. The molecule has 0 radical (unpaired) electrons. The Hall–Kier alpha value is -4.37. The molecule has 9 nitrogen and oxygen atoms in total. The highest BCUT2D eigenvalue weighted by Crippen LogP contribution is 2.43. The van der Waals surface area contributed by atoms with Gasteiger partial charge < -0.3 is 20.1 Å². The third kappa shape index (κ3) is 47.0. The molecule has 63 heavy (non-hydrogen) atoms. The lowest BCUT2D eigenvalue weighted by Gasteiger charge is -2.19. The normalized spacial score (nSPS) is 14.7. The molecule has 0 aromatic rings. The number of allylic oxidation sites excluding steroid dienone is 26. The second kappa shape index (κ2) is 47.1. The van der Waals surface area contributed by atoms with Crippen molar-refractivity contribution in [2.24, 2.45) is 5.73 Å². The van der Waals surface area contributed by atoms with Gasteiger partial charge in [-0.2, -0.15) is 0 Å². The molecule has 0 aliphatic carbocycles. The second-order valence-corrected chi connectivity index (χ2v) is 15.6. The average molecular weight is 890 g/mol. The van der Waals surface area contributed by atoms with Crippen LogP contribution in [0.1, 0.15) is 129 Å². The van der Waals surface area contributed by atoms with Crippen LogP contribution in [0.25, 0.3) is 0 Å². The van der Waals surface area contributed by atoms with Gasteiger partial charge in [0.05, 0.1) is 13.2 Å². The Morgan fingerprint density at radius 2 is 0.825 bits per heavy atom. The molecule has 0 fully saturated rings. The van der Waals surface area contributed by atoms with E-state index in [1.807, 2.05) is 18.2 Å². The number of esters is 2. The Kier molecular flexibility index (Phi) is 43.8. The van der Waals surface area contributed by atoms with Gasteiger partial charge in [0.1, 0.15) is 6.61 Å². The van der Waals surface area contributed by atoms with Crippen molar-refractivity contribution in [3.05, 3.63) is 158 Å². The Balaban J connectivity index is 4.39. The first-order valence-corrected chi connectivity index (χ1v) is 24.5. The molecule has 0 amide bonds. The quantitative estimate of drug-likeness (QED) is 0.0267. The van der Waals surface area contributed by atoms with E-state index in [1.54, 1.807) is 0 Å². The van der Waals surface area contributed by atoms with E-state index in [9.17, 15) is 19.0 Å². The van der Waals surface area contributed by atoms with E-state index in [4.69, 9.17) is 24.3 Å². The lowest BCUT2D eigenvalue weighted by molar-refractivity contribution is -0.161. The number of carbonyl (C=O) groups is 2. The van der Waals surface area contributed by atoms with Crippen LogP contribution in [0.3, 0.4) is 0 Å². The van der Waals surface area contributed by atoms with Gasteiger partial charge in [-0.25, -0.2) is 4.57 Å². The van der Waals surface area contributed by atoms with Gasteiger partial charge in [-0.1, -0.05) is 172 Å². The SMILES string of the molecule is CC/C=C\C/C=C\C/C=C\C/C=C\C/C=C\C/C=C\C/C=C\CCCC(=O)OC(COC(=O)CC/C=C\C/C=C\C/C=C\C/C=C\C/C=C\C/C=C\CC)COP(=O)(O)OCCN. The standard InChI is InChI=1S/C53H80NO8P/c1-3-5-7-9-11-13-15-17-19-21-23-24-25-26-28-30-32-34-36-38-40-42-44-46-53(56)62-51(50-61-63(57,58)60-48-47-54)49-59-52(55)45-43-41-39-37-35-33-31-29-27-22-20-18-16-14-12-10-8-6-4-2/h5-8,11-14,17-20,23-24,26-29,32-35,38-41,51H,3-4,9-10,15-16,21-22,25,30-31,36-37,42-50,54H2,1-2H3,(H,57,58)/b7-5-,8-6-,13-11-,14-12-,19-17-,20-18-,24-23-,28-26-,29-27-,34-32-,35-33-,40-38-,41-39-. The van der Waals surface area contributed by atoms with Crippen LogP contribution in [0.5, 0.6) is 0 Å². The molecule has 0 aromatic carbocycles. The smallest absolute Gasteiger partial charge is 0.462 e. The van der Waals surface area contributed by atoms with Gasteiger partial charge in [-0.3, -0.25) is 18.6 Å². The van der Waals surface area contributed by atoms with Gasteiger partial charge in [0, 0.05) is 19.4 Å². The van der Waals surface area contributed by atoms with Crippen molar-refractivity contribution in [1.82, 2.24) is 0 Å². The van der Waals surface area contributed by atoms with Gasteiger partial charge in [0.2, 0.25) is 0 Å². The molecule has 350 valence electrons. The third-order valence-electron chi connectivity index (χ3n) is 8.42. The van der Waals surface area contributed by atoms with E-state index < -0.39 is 32.5 Å². The Labute approximate surface area is 381 Å². The third-order valence-corrected chi connectivity index (χ3v) is 9.41. The van der Waals surface area contributed by atoms with Crippen molar-refractivity contribution in [2.45, 2.75) is 136 Å². The van der Waals surface area contributed by atoms with Gasteiger partial charge in [0.25, 0.3) is 0 Å². The maximum Gasteiger partial charge on any atom is 0.472 e. The van der Waals surface area contributed by atoms with Crippen molar-refractivity contribution < 1.29 is 37.6 Å². The highest BCUT2D eigenvalue weighted by atomic mass is 31.2. The predicted molar refractivity (Wildman–Crippen MR) is 265 cm³/mol. The maximum absolute atomic E-state index is 12.6. The van der Waals surface area contributed by atoms with Crippen LogP contribution in [0.2, 0.25) is 0 Å². The van der Waals surface area contributed by atoms with Crippen molar-refractivity contribution in [3.8, 4) is 0 Å². The number of nitrogens with two attached hydrogens (primary N) is 1. The summed E-state index contributed by atoms with van der Waals surface area (Å²) in [5.74, 6) is -1.02. The molecule has 0 aromatic heterocycles. The fourth-order valence-corrected chi connectivity index (χ4v) is 5.88. The molecule has 0 rings (SSSR count). The number of rotatable bonds is 40. The molecule has 0 spiro atoms. The van der Waals surface area contributed by atoms with Crippen molar-refractivity contribution in [2.75, 3.05) is 26.4 Å². The molecule has 2 atom stereocenters. The summed E-state index contributed by atoms with van der Waals surface area (Å²) in [6, 6.07) is 0. The summed E-state index contributed by atoms with van der Waals surface area (Å²) in [6.07, 6.45) is 68.7. The van der Waals surface area contributed by atoms with E-state index in [0.717, 1.165) is 83.5 Å². The minimum atomic E-state index is -4.43. The van der Waals surface area contributed by atoms with E-state index in [-0.39, 0.29) is 32.6 Å².